The normalized spacial score (nSPS) is 15.5. The van der Waals surface area contributed by atoms with Gasteiger partial charge in [-0.25, -0.2) is 14.6 Å². The Morgan fingerprint density at radius 1 is 1.13 bits per heavy atom. The molecule has 0 unspecified atom stereocenters. The predicted octanol–water partition coefficient (Wildman–Crippen LogP) is 3.08. The summed E-state index contributed by atoms with van der Waals surface area (Å²) in [6.45, 7) is 2.97. The number of phenolic OH excluding ortho intramolecular Hbond substituents is 1. The molecule has 1 fully saturated rings. The van der Waals surface area contributed by atoms with Crippen molar-refractivity contribution < 1.29 is 28.9 Å². The lowest BCUT2D eigenvalue weighted by Gasteiger charge is -2.29. The van der Waals surface area contributed by atoms with Crippen LogP contribution < -0.4 is 10.1 Å². The monoisotopic (exact) mass is 409 g/mol. The van der Waals surface area contributed by atoms with E-state index >= 15 is 0 Å². The second kappa shape index (κ2) is 7.11. The number of esters is 2. The minimum Gasteiger partial charge on any atom is -0.504 e. The van der Waals surface area contributed by atoms with Crippen LogP contribution in [0.4, 0.5) is 5.69 Å². The molecular weight excluding hydrogens is 390 g/mol. The van der Waals surface area contributed by atoms with Crippen LogP contribution in [0.1, 0.15) is 13.8 Å². The van der Waals surface area contributed by atoms with Gasteiger partial charge in [0.05, 0.1) is 18.1 Å². The van der Waals surface area contributed by atoms with Gasteiger partial charge in [-0.2, -0.15) is 0 Å². The van der Waals surface area contributed by atoms with Gasteiger partial charge >= 0.3 is 11.9 Å². The number of cyclic esters (lactones) is 2. The van der Waals surface area contributed by atoms with Crippen LogP contribution in [0.15, 0.2) is 48.2 Å². The van der Waals surface area contributed by atoms with E-state index in [0.29, 0.717) is 22.8 Å². The highest BCUT2D eigenvalue weighted by atomic mass is 16.7. The van der Waals surface area contributed by atoms with E-state index in [-0.39, 0.29) is 11.3 Å². The standard InChI is InChI=1S/C21H19N3O6/c1-21(2)29-19(26)13(20(27)30-21)10-22-12-5-6-14-15(9-12)24-18(23-14)11-4-7-16(25)17(8-11)28-3/h4-10,22,25H,1-3H3,(H,23,24). The summed E-state index contributed by atoms with van der Waals surface area (Å²) in [6.07, 6.45) is 1.25. The highest BCUT2D eigenvalue weighted by molar-refractivity contribution is 6.15. The molecule has 1 aliphatic rings. The van der Waals surface area contributed by atoms with Gasteiger partial charge in [0.2, 0.25) is 0 Å². The number of nitrogens with one attached hydrogen (secondary N) is 2. The van der Waals surface area contributed by atoms with Gasteiger partial charge in [0.25, 0.3) is 5.79 Å². The number of hydrogen-bond acceptors (Lipinski definition) is 8. The molecule has 9 heteroatoms. The van der Waals surface area contributed by atoms with Crippen molar-refractivity contribution in [2.24, 2.45) is 0 Å². The van der Waals surface area contributed by atoms with E-state index in [2.05, 4.69) is 15.3 Å². The number of ether oxygens (including phenoxy) is 3. The van der Waals surface area contributed by atoms with Crippen molar-refractivity contribution in [2.45, 2.75) is 19.6 Å². The molecule has 3 N–H and O–H groups in total. The molecule has 154 valence electrons. The van der Waals surface area contributed by atoms with Gasteiger partial charge in [0.1, 0.15) is 5.82 Å². The van der Waals surface area contributed by atoms with Crippen LogP contribution in [-0.4, -0.2) is 39.9 Å². The summed E-state index contributed by atoms with van der Waals surface area (Å²) in [4.78, 5) is 31.8. The zero-order valence-corrected chi connectivity index (χ0v) is 16.5. The number of methoxy groups -OCH3 is 1. The molecule has 0 bridgehead atoms. The number of phenols is 1. The maximum Gasteiger partial charge on any atom is 0.350 e. The maximum atomic E-state index is 12.0. The third kappa shape index (κ3) is 3.64. The number of fused-ring (bicyclic) bond motifs is 1. The second-order valence-electron chi connectivity index (χ2n) is 7.09. The lowest BCUT2D eigenvalue weighted by molar-refractivity contribution is -0.222. The topological polar surface area (TPSA) is 123 Å². The molecule has 0 spiro atoms. The van der Waals surface area contributed by atoms with Crippen LogP contribution in [-0.2, 0) is 19.1 Å². The Morgan fingerprint density at radius 2 is 1.87 bits per heavy atom. The number of aromatic hydroxyl groups is 1. The third-order valence-electron chi connectivity index (χ3n) is 4.44. The SMILES string of the molecule is COc1cc(-c2nc3ccc(NC=C4C(=O)OC(C)(C)OC4=O)cc3[nH]2)ccc1O. The Bertz CT molecular complexity index is 1170. The summed E-state index contributed by atoms with van der Waals surface area (Å²) < 4.78 is 15.3. The fourth-order valence-electron chi connectivity index (χ4n) is 3.00. The van der Waals surface area contributed by atoms with Crippen LogP contribution in [0.2, 0.25) is 0 Å². The fraction of sp³-hybridized carbons (Fsp3) is 0.190. The molecule has 0 saturated carbocycles. The summed E-state index contributed by atoms with van der Waals surface area (Å²) in [7, 11) is 1.47. The first-order valence-electron chi connectivity index (χ1n) is 9.06. The number of H-pyrrole nitrogens is 1. The van der Waals surface area contributed by atoms with Crippen LogP contribution >= 0.6 is 0 Å². The Kier molecular flexibility index (Phi) is 4.57. The van der Waals surface area contributed by atoms with E-state index in [1.54, 1.807) is 30.3 Å². The Hall–Kier alpha value is -4.01. The molecule has 0 aliphatic carbocycles. The molecule has 0 atom stereocenters. The first-order valence-corrected chi connectivity index (χ1v) is 9.06. The number of aromatic nitrogens is 2. The van der Waals surface area contributed by atoms with Crippen molar-refractivity contribution in [1.82, 2.24) is 9.97 Å². The first-order chi connectivity index (χ1) is 14.3. The smallest absolute Gasteiger partial charge is 0.350 e. The summed E-state index contributed by atoms with van der Waals surface area (Å²) in [5.74, 6) is -1.81. The molecule has 2 heterocycles. The van der Waals surface area contributed by atoms with Gasteiger partial charge in [0.15, 0.2) is 17.1 Å². The van der Waals surface area contributed by atoms with E-state index < -0.39 is 17.7 Å². The van der Waals surface area contributed by atoms with Gasteiger partial charge < -0.3 is 29.6 Å². The first kappa shape index (κ1) is 19.3. The maximum absolute atomic E-state index is 12.0. The Balaban J connectivity index is 1.59. The molecule has 4 rings (SSSR count). The molecule has 3 aromatic rings. The van der Waals surface area contributed by atoms with Crippen molar-refractivity contribution in [1.29, 1.82) is 0 Å². The number of carbonyl (C=O) groups is 2. The average molecular weight is 409 g/mol. The molecule has 0 radical (unpaired) electrons. The molecule has 2 aromatic carbocycles. The summed E-state index contributed by atoms with van der Waals surface area (Å²) >= 11 is 0. The molecule has 1 aliphatic heterocycles. The van der Waals surface area contributed by atoms with Crippen molar-refractivity contribution in [3.8, 4) is 22.9 Å². The van der Waals surface area contributed by atoms with Crippen molar-refractivity contribution in [3.63, 3.8) is 0 Å². The minimum absolute atomic E-state index is 0.0417. The van der Waals surface area contributed by atoms with Gasteiger partial charge in [-0.1, -0.05) is 0 Å². The number of anilines is 1. The number of carbonyl (C=O) groups excluding carboxylic acids is 2. The molecular formula is C21H19N3O6. The Labute approximate surface area is 171 Å². The van der Waals surface area contributed by atoms with Crippen LogP contribution in [0, 0.1) is 0 Å². The summed E-state index contributed by atoms with van der Waals surface area (Å²) in [5.41, 5.74) is 2.59. The molecule has 1 aromatic heterocycles. The minimum atomic E-state index is -1.28. The number of nitrogens with zero attached hydrogens (tertiary/aromatic N) is 1. The van der Waals surface area contributed by atoms with Gasteiger partial charge in [-0.3, -0.25) is 0 Å². The number of rotatable bonds is 4. The van der Waals surface area contributed by atoms with E-state index in [4.69, 9.17) is 14.2 Å². The summed E-state index contributed by atoms with van der Waals surface area (Å²) in [5, 5.41) is 12.7. The van der Waals surface area contributed by atoms with Crippen LogP contribution in [0.3, 0.4) is 0 Å². The Morgan fingerprint density at radius 3 is 2.57 bits per heavy atom. The van der Waals surface area contributed by atoms with Gasteiger partial charge in [0, 0.05) is 31.3 Å². The molecule has 30 heavy (non-hydrogen) atoms. The molecule has 0 amide bonds. The largest absolute Gasteiger partial charge is 0.504 e. The van der Waals surface area contributed by atoms with Crippen molar-refractivity contribution in [2.75, 3.05) is 12.4 Å². The molecule has 1 saturated heterocycles. The lowest BCUT2D eigenvalue weighted by Crippen LogP contribution is -2.42. The lowest BCUT2D eigenvalue weighted by atomic mass is 10.2. The number of benzene rings is 2. The van der Waals surface area contributed by atoms with E-state index in [0.717, 1.165) is 11.1 Å². The zero-order valence-electron chi connectivity index (χ0n) is 16.5. The number of imidazole rings is 1. The van der Waals surface area contributed by atoms with Crippen LogP contribution in [0.5, 0.6) is 11.5 Å². The molecule has 9 nitrogen and oxygen atoms in total. The van der Waals surface area contributed by atoms with Crippen molar-refractivity contribution >= 4 is 28.7 Å². The average Bonchev–Trinajstić information content (AvgIpc) is 3.10. The van der Waals surface area contributed by atoms with E-state index in [1.165, 1.54) is 33.2 Å². The highest BCUT2D eigenvalue weighted by Crippen LogP contribution is 2.31. The fourth-order valence-corrected chi connectivity index (χ4v) is 3.00. The summed E-state index contributed by atoms with van der Waals surface area (Å²) in [6, 6.07) is 10.3. The van der Waals surface area contributed by atoms with Gasteiger partial charge in [-0.05, 0) is 36.4 Å². The predicted molar refractivity (Wildman–Crippen MR) is 108 cm³/mol. The third-order valence-corrected chi connectivity index (χ3v) is 4.44. The quantitative estimate of drug-likeness (QED) is 0.341. The van der Waals surface area contributed by atoms with E-state index in [1.807, 2.05) is 0 Å². The highest BCUT2D eigenvalue weighted by Gasteiger charge is 2.38. The van der Waals surface area contributed by atoms with Crippen molar-refractivity contribution in [3.05, 3.63) is 48.2 Å². The van der Waals surface area contributed by atoms with E-state index in [9.17, 15) is 14.7 Å². The zero-order chi connectivity index (χ0) is 21.5. The van der Waals surface area contributed by atoms with Crippen LogP contribution in [0.25, 0.3) is 22.4 Å². The second-order valence-corrected chi connectivity index (χ2v) is 7.09. The number of hydrogen-bond donors (Lipinski definition) is 3. The number of aromatic amines is 1. The van der Waals surface area contributed by atoms with Gasteiger partial charge in [-0.15, -0.1) is 0 Å².